The van der Waals surface area contributed by atoms with Gasteiger partial charge in [0.1, 0.15) is 11.6 Å². The van der Waals surface area contributed by atoms with E-state index in [0.717, 1.165) is 34.6 Å². The molecule has 2 aromatic carbocycles. The van der Waals surface area contributed by atoms with Crippen LogP contribution in [0, 0.1) is 12.7 Å². The lowest BCUT2D eigenvalue weighted by Gasteiger charge is -2.20. The number of H-pyrrole nitrogens is 1. The summed E-state index contributed by atoms with van der Waals surface area (Å²) in [6.07, 6.45) is 2.61. The fraction of sp³-hybridized carbons (Fsp3) is 0.250. The van der Waals surface area contributed by atoms with Crippen molar-refractivity contribution in [2.75, 3.05) is 7.11 Å². The van der Waals surface area contributed by atoms with Gasteiger partial charge in [-0.1, -0.05) is 24.3 Å². The standard InChI is InChI=1S/C20H22FN3O/c1-14-17(13-23-24-14)12-22-20(11-15-3-7-18(21)8-4-15)16-5-9-19(25-2)10-6-16/h3-10,13,20,22H,11-12H2,1-2H3,(H,23,24)/t20-/m0/s1. The van der Waals surface area contributed by atoms with E-state index in [1.165, 1.54) is 12.1 Å². The van der Waals surface area contributed by atoms with Gasteiger partial charge < -0.3 is 10.1 Å². The van der Waals surface area contributed by atoms with Crippen LogP contribution in [-0.4, -0.2) is 17.3 Å². The average Bonchev–Trinajstić information content (AvgIpc) is 3.05. The number of hydrogen-bond acceptors (Lipinski definition) is 3. The molecule has 0 aliphatic rings. The highest BCUT2D eigenvalue weighted by atomic mass is 19.1. The highest BCUT2D eigenvalue weighted by molar-refractivity contribution is 5.31. The van der Waals surface area contributed by atoms with Crippen LogP contribution in [0.1, 0.15) is 28.4 Å². The molecule has 0 bridgehead atoms. The topological polar surface area (TPSA) is 49.9 Å². The smallest absolute Gasteiger partial charge is 0.123 e. The van der Waals surface area contributed by atoms with Crippen molar-refractivity contribution in [3.63, 3.8) is 0 Å². The van der Waals surface area contributed by atoms with E-state index >= 15 is 0 Å². The minimum Gasteiger partial charge on any atom is -0.497 e. The van der Waals surface area contributed by atoms with Crippen LogP contribution in [0.15, 0.2) is 54.7 Å². The second-order valence-corrected chi connectivity index (χ2v) is 6.06. The molecular weight excluding hydrogens is 317 g/mol. The number of nitrogens with one attached hydrogen (secondary N) is 2. The fourth-order valence-electron chi connectivity index (χ4n) is 2.79. The lowest BCUT2D eigenvalue weighted by molar-refractivity contribution is 0.414. The molecule has 1 atom stereocenters. The van der Waals surface area contributed by atoms with Crippen molar-refractivity contribution in [3.8, 4) is 5.75 Å². The number of ether oxygens (including phenoxy) is 1. The van der Waals surface area contributed by atoms with Crippen LogP contribution in [0.5, 0.6) is 5.75 Å². The Hall–Kier alpha value is -2.66. The second-order valence-electron chi connectivity index (χ2n) is 6.06. The number of methoxy groups -OCH3 is 1. The van der Waals surface area contributed by atoms with E-state index in [1.807, 2.05) is 37.4 Å². The van der Waals surface area contributed by atoms with Gasteiger partial charge in [-0.2, -0.15) is 5.10 Å². The van der Waals surface area contributed by atoms with Crippen LogP contribution in [0.3, 0.4) is 0 Å². The number of aromatic nitrogens is 2. The third-order valence-corrected chi connectivity index (χ3v) is 4.34. The minimum absolute atomic E-state index is 0.102. The number of hydrogen-bond donors (Lipinski definition) is 2. The molecule has 1 aromatic heterocycles. The first-order valence-corrected chi connectivity index (χ1v) is 8.26. The van der Waals surface area contributed by atoms with Crippen LogP contribution in [0.2, 0.25) is 0 Å². The Morgan fingerprint density at radius 3 is 2.44 bits per heavy atom. The van der Waals surface area contributed by atoms with Gasteiger partial charge in [-0.25, -0.2) is 4.39 Å². The fourth-order valence-corrected chi connectivity index (χ4v) is 2.79. The lowest BCUT2D eigenvalue weighted by Crippen LogP contribution is -2.23. The van der Waals surface area contributed by atoms with Crippen molar-refractivity contribution in [3.05, 3.63) is 82.9 Å². The van der Waals surface area contributed by atoms with Crippen LogP contribution < -0.4 is 10.1 Å². The molecule has 1 heterocycles. The van der Waals surface area contributed by atoms with E-state index in [9.17, 15) is 4.39 Å². The number of halogens is 1. The molecule has 0 amide bonds. The quantitative estimate of drug-likeness (QED) is 0.685. The van der Waals surface area contributed by atoms with E-state index in [-0.39, 0.29) is 11.9 Å². The van der Waals surface area contributed by atoms with Crippen molar-refractivity contribution in [1.29, 1.82) is 0 Å². The minimum atomic E-state index is -0.216. The number of aryl methyl sites for hydroxylation is 1. The Morgan fingerprint density at radius 1 is 1.12 bits per heavy atom. The summed E-state index contributed by atoms with van der Waals surface area (Å²) in [6, 6.07) is 14.8. The highest BCUT2D eigenvalue weighted by Gasteiger charge is 2.13. The zero-order chi connectivity index (χ0) is 17.6. The molecule has 4 nitrogen and oxygen atoms in total. The van der Waals surface area contributed by atoms with Crippen LogP contribution in [0.25, 0.3) is 0 Å². The molecule has 0 unspecified atom stereocenters. The summed E-state index contributed by atoms with van der Waals surface area (Å²) in [6.45, 7) is 2.71. The van der Waals surface area contributed by atoms with E-state index in [1.54, 1.807) is 7.11 Å². The van der Waals surface area contributed by atoms with Gasteiger partial charge in [0.05, 0.1) is 13.3 Å². The van der Waals surface area contributed by atoms with Gasteiger partial charge in [0, 0.05) is 23.8 Å². The second kappa shape index (κ2) is 7.94. The first kappa shape index (κ1) is 17.2. The zero-order valence-corrected chi connectivity index (χ0v) is 14.4. The van der Waals surface area contributed by atoms with Crippen LogP contribution >= 0.6 is 0 Å². The van der Waals surface area contributed by atoms with Gasteiger partial charge >= 0.3 is 0 Å². The van der Waals surface area contributed by atoms with Crippen LogP contribution in [-0.2, 0) is 13.0 Å². The molecule has 25 heavy (non-hydrogen) atoms. The average molecular weight is 339 g/mol. The van der Waals surface area contributed by atoms with Gasteiger partial charge in [-0.3, -0.25) is 5.10 Å². The Kier molecular flexibility index (Phi) is 5.46. The number of aromatic amines is 1. The Labute approximate surface area is 147 Å². The highest BCUT2D eigenvalue weighted by Crippen LogP contribution is 2.22. The maximum Gasteiger partial charge on any atom is 0.123 e. The van der Waals surface area contributed by atoms with E-state index in [2.05, 4.69) is 27.6 Å². The van der Waals surface area contributed by atoms with Gasteiger partial charge in [-0.15, -0.1) is 0 Å². The lowest BCUT2D eigenvalue weighted by atomic mass is 9.98. The van der Waals surface area contributed by atoms with Gasteiger partial charge in [0.15, 0.2) is 0 Å². The molecule has 3 rings (SSSR count). The first-order chi connectivity index (χ1) is 12.2. The summed E-state index contributed by atoms with van der Waals surface area (Å²) in [5.74, 6) is 0.613. The molecule has 130 valence electrons. The SMILES string of the molecule is COc1ccc([C@H](Cc2ccc(F)cc2)NCc2cn[nH]c2C)cc1. The zero-order valence-electron chi connectivity index (χ0n) is 14.4. The summed E-state index contributed by atoms with van der Waals surface area (Å²) in [7, 11) is 1.66. The molecule has 0 aliphatic heterocycles. The monoisotopic (exact) mass is 339 g/mol. The largest absolute Gasteiger partial charge is 0.497 e. The number of nitrogens with zero attached hydrogens (tertiary/aromatic N) is 1. The van der Waals surface area contributed by atoms with Crippen molar-refractivity contribution in [1.82, 2.24) is 15.5 Å². The summed E-state index contributed by atoms with van der Waals surface area (Å²) >= 11 is 0. The normalized spacial score (nSPS) is 12.1. The van der Waals surface area contributed by atoms with Crippen molar-refractivity contribution in [2.24, 2.45) is 0 Å². The third kappa shape index (κ3) is 4.45. The summed E-state index contributed by atoms with van der Waals surface area (Å²) in [5, 5.41) is 10.6. The molecule has 3 aromatic rings. The maximum absolute atomic E-state index is 13.2. The van der Waals surface area contributed by atoms with E-state index in [0.29, 0.717) is 6.54 Å². The third-order valence-electron chi connectivity index (χ3n) is 4.34. The van der Waals surface area contributed by atoms with Crippen LogP contribution in [0.4, 0.5) is 4.39 Å². The summed E-state index contributed by atoms with van der Waals surface area (Å²) in [4.78, 5) is 0. The Bertz CT molecular complexity index is 797. The number of rotatable bonds is 7. The van der Waals surface area contributed by atoms with Crippen molar-refractivity contribution >= 4 is 0 Å². The molecule has 0 fully saturated rings. The number of benzene rings is 2. The van der Waals surface area contributed by atoms with E-state index in [4.69, 9.17) is 4.74 Å². The first-order valence-electron chi connectivity index (χ1n) is 8.26. The van der Waals surface area contributed by atoms with Crippen molar-refractivity contribution in [2.45, 2.75) is 25.9 Å². The molecular formula is C20H22FN3O. The molecule has 0 saturated heterocycles. The van der Waals surface area contributed by atoms with Gasteiger partial charge in [-0.05, 0) is 48.7 Å². The van der Waals surface area contributed by atoms with Gasteiger partial charge in [0.2, 0.25) is 0 Å². The summed E-state index contributed by atoms with van der Waals surface area (Å²) < 4.78 is 18.4. The Balaban J connectivity index is 1.78. The van der Waals surface area contributed by atoms with E-state index < -0.39 is 0 Å². The molecule has 0 aliphatic carbocycles. The van der Waals surface area contributed by atoms with Gasteiger partial charge in [0.25, 0.3) is 0 Å². The summed E-state index contributed by atoms with van der Waals surface area (Å²) in [5.41, 5.74) is 4.44. The molecule has 0 radical (unpaired) electrons. The predicted octanol–water partition coefficient (Wildman–Crippen LogP) is 3.94. The molecule has 0 spiro atoms. The molecule has 0 saturated carbocycles. The maximum atomic E-state index is 13.2. The van der Waals surface area contributed by atoms with Crippen molar-refractivity contribution < 1.29 is 9.13 Å². The molecule has 5 heteroatoms. The molecule has 2 N–H and O–H groups in total. The Morgan fingerprint density at radius 2 is 1.84 bits per heavy atom. The predicted molar refractivity (Wildman–Crippen MR) is 96.0 cm³/mol.